The number of piperidine rings is 1. The molecule has 0 spiro atoms. The highest BCUT2D eigenvalue weighted by molar-refractivity contribution is 5.81. The summed E-state index contributed by atoms with van der Waals surface area (Å²) in [6, 6.07) is 0. The zero-order valence-corrected chi connectivity index (χ0v) is 13.9. The number of fused-ring (bicyclic) bond motifs is 1. The molecular weight excluding hydrogens is 306 g/mol. The summed E-state index contributed by atoms with van der Waals surface area (Å²) in [4.78, 5) is 33.8. The van der Waals surface area contributed by atoms with E-state index >= 15 is 0 Å². The standard InChI is InChI=1S/C17H25N5O2/c23-15-13-5-6-18-9-14(13)20-17(21-15)19-8-11-2-1-7-22(10-11)16(24)12-3-4-12/h11-12,18H,1-10H2,(H2,19,20,21,23)/t11-/m0/s1. The minimum Gasteiger partial charge on any atom is -0.355 e. The number of rotatable bonds is 4. The van der Waals surface area contributed by atoms with Crippen molar-refractivity contribution in [1.82, 2.24) is 20.2 Å². The number of nitrogens with one attached hydrogen (secondary N) is 3. The number of carbonyl (C=O) groups is 1. The summed E-state index contributed by atoms with van der Waals surface area (Å²) in [5, 5.41) is 6.53. The van der Waals surface area contributed by atoms with Crippen molar-refractivity contribution < 1.29 is 4.79 Å². The van der Waals surface area contributed by atoms with Crippen LogP contribution in [0.5, 0.6) is 0 Å². The number of aromatic nitrogens is 2. The van der Waals surface area contributed by atoms with Gasteiger partial charge in [0.2, 0.25) is 11.9 Å². The normalized spacial score (nSPS) is 23.7. The van der Waals surface area contributed by atoms with Crippen LogP contribution in [0.15, 0.2) is 4.79 Å². The van der Waals surface area contributed by atoms with Crippen LogP contribution in [0.3, 0.4) is 0 Å². The molecule has 1 saturated heterocycles. The van der Waals surface area contributed by atoms with Crippen molar-refractivity contribution in [1.29, 1.82) is 0 Å². The Balaban J connectivity index is 1.37. The number of hydrogen-bond acceptors (Lipinski definition) is 5. The molecule has 7 heteroatoms. The highest BCUT2D eigenvalue weighted by Gasteiger charge is 2.35. The number of amides is 1. The van der Waals surface area contributed by atoms with Crippen molar-refractivity contribution in [3.8, 4) is 0 Å². The van der Waals surface area contributed by atoms with E-state index < -0.39 is 0 Å². The van der Waals surface area contributed by atoms with E-state index in [-0.39, 0.29) is 5.56 Å². The summed E-state index contributed by atoms with van der Waals surface area (Å²) in [5.74, 6) is 1.60. The zero-order valence-electron chi connectivity index (χ0n) is 13.9. The molecule has 0 unspecified atom stereocenters. The van der Waals surface area contributed by atoms with Gasteiger partial charge in [-0.15, -0.1) is 0 Å². The summed E-state index contributed by atoms with van der Waals surface area (Å²) in [7, 11) is 0. The first-order valence-electron chi connectivity index (χ1n) is 9.06. The van der Waals surface area contributed by atoms with Gasteiger partial charge in [-0.3, -0.25) is 14.6 Å². The van der Waals surface area contributed by atoms with E-state index in [0.717, 1.165) is 69.5 Å². The van der Waals surface area contributed by atoms with Gasteiger partial charge in [0.1, 0.15) is 0 Å². The first-order chi connectivity index (χ1) is 11.7. The first-order valence-corrected chi connectivity index (χ1v) is 9.06. The van der Waals surface area contributed by atoms with Crippen molar-refractivity contribution in [2.75, 3.05) is 31.5 Å². The maximum Gasteiger partial charge on any atom is 0.255 e. The fourth-order valence-electron chi connectivity index (χ4n) is 3.71. The highest BCUT2D eigenvalue weighted by atomic mass is 16.2. The van der Waals surface area contributed by atoms with Gasteiger partial charge in [-0.2, -0.15) is 0 Å². The van der Waals surface area contributed by atoms with Gasteiger partial charge >= 0.3 is 0 Å². The Morgan fingerprint density at radius 3 is 3.04 bits per heavy atom. The quantitative estimate of drug-likeness (QED) is 0.746. The molecule has 1 atom stereocenters. The van der Waals surface area contributed by atoms with Gasteiger partial charge in [-0.05, 0) is 44.6 Å². The number of likely N-dealkylation sites (tertiary alicyclic amines) is 1. The molecule has 1 amide bonds. The zero-order chi connectivity index (χ0) is 16.5. The molecule has 3 aliphatic rings. The largest absolute Gasteiger partial charge is 0.355 e. The van der Waals surface area contributed by atoms with Crippen molar-refractivity contribution in [3.63, 3.8) is 0 Å². The van der Waals surface area contributed by atoms with Gasteiger partial charge in [-0.25, -0.2) is 4.98 Å². The Morgan fingerprint density at radius 1 is 1.33 bits per heavy atom. The molecule has 3 heterocycles. The minimum absolute atomic E-state index is 0.0295. The third-order valence-corrected chi connectivity index (χ3v) is 5.26. The number of anilines is 1. The summed E-state index contributed by atoms with van der Waals surface area (Å²) < 4.78 is 0. The van der Waals surface area contributed by atoms with Crippen LogP contribution in [0.1, 0.15) is 36.9 Å². The molecule has 0 bridgehead atoms. The molecule has 1 aliphatic carbocycles. The Labute approximate surface area is 141 Å². The second-order valence-corrected chi connectivity index (χ2v) is 7.21. The minimum atomic E-state index is -0.0295. The lowest BCUT2D eigenvalue weighted by molar-refractivity contribution is -0.134. The van der Waals surface area contributed by atoms with Gasteiger partial charge in [-0.1, -0.05) is 0 Å². The number of aromatic amines is 1. The Bertz CT molecular complexity index is 682. The first kappa shape index (κ1) is 15.6. The predicted octanol–water partition coefficient (Wildman–Crippen LogP) is 0.476. The predicted molar refractivity (Wildman–Crippen MR) is 90.8 cm³/mol. The third-order valence-electron chi connectivity index (χ3n) is 5.26. The molecule has 1 saturated carbocycles. The Morgan fingerprint density at radius 2 is 2.21 bits per heavy atom. The van der Waals surface area contributed by atoms with E-state index in [0.29, 0.717) is 30.2 Å². The van der Waals surface area contributed by atoms with Crippen LogP contribution in [0.25, 0.3) is 0 Å². The molecule has 7 nitrogen and oxygen atoms in total. The maximum atomic E-state index is 12.2. The summed E-state index contributed by atoms with van der Waals surface area (Å²) in [5.41, 5.74) is 1.62. The Kier molecular flexibility index (Phi) is 4.26. The van der Waals surface area contributed by atoms with Gasteiger partial charge in [0.25, 0.3) is 5.56 Å². The fraction of sp³-hybridized carbons (Fsp3) is 0.706. The molecule has 0 aromatic carbocycles. The number of hydrogen-bond donors (Lipinski definition) is 3. The van der Waals surface area contributed by atoms with Crippen molar-refractivity contribution in [2.24, 2.45) is 11.8 Å². The van der Waals surface area contributed by atoms with Crippen LogP contribution in [0.2, 0.25) is 0 Å². The van der Waals surface area contributed by atoms with E-state index in [4.69, 9.17) is 0 Å². The topological polar surface area (TPSA) is 90.1 Å². The van der Waals surface area contributed by atoms with E-state index in [1.807, 2.05) is 4.90 Å². The highest BCUT2D eigenvalue weighted by Crippen LogP contribution is 2.32. The molecular formula is C17H25N5O2. The third kappa shape index (κ3) is 3.31. The number of H-pyrrole nitrogens is 1. The van der Waals surface area contributed by atoms with E-state index in [9.17, 15) is 9.59 Å². The lowest BCUT2D eigenvalue weighted by Gasteiger charge is -2.33. The molecule has 1 aromatic rings. The molecule has 3 N–H and O–H groups in total. The van der Waals surface area contributed by atoms with Crippen molar-refractivity contribution in [3.05, 3.63) is 21.6 Å². The van der Waals surface area contributed by atoms with Gasteiger partial charge in [0, 0.05) is 37.7 Å². The Hall–Kier alpha value is -1.89. The lowest BCUT2D eigenvalue weighted by Crippen LogP contribution is -2.42. The van der Waals surface area contributed by atoms with E-state index in [1.54, 1.807) is 0 Å². The van der Waals surface area contributed by atoms with Crippen LogP contribution >= 0.6 is 0 Å². The summed E-state index contributed by atoms with van der Waals surface area (Å²) in [6.45, 7) is 3.94. The molecule has 4 rings (SSSR count). The molecule has 2 fully saturated rings. The van der Waals surface area contributed by atoms with Gasteiger partial charge in [0.05, 0.1) is 5.69 Å². The van der Waals surface area contributed by atoms with Gasteiger partial charge < -0.3 is 15.5 Å². The summed E-state index contributed by atoms with van der Waals surface area (Å²) in [6.07, 6.45) is 5.03. The van der Waals surface area contributed by atoms with Crippen LogP contribution in [-0.2, 0) is 17.8 Å². The van der Waals surface area contributed by atoms with Crippen LogP contribution in [-0.4, -0.2) is 47.0 Å². The smallest absolute Gasteiger partial charge is 0.255 e. The molecule has 130 valence electrons. The number of carbonyl (C=O) groups excluding carboxylic acids is 1. The molecule has 2 aliphatic heterocycles. The van der Waals surface area contributed by atoms with Crippen LogP contribution < -0.4 is 16.2 Å². The van der Waals surface area contributed by atoms with Crippen molar-refractivity contribution >= 4 is 11.9 Å². The lowest BCUT2D eigenvalue weighted by atomic mass is 9.97. The second-order valence-electron chi connectivity index (χ2n) is 7.21. The monoisotopic (exact) mass is 331 g/mol. The SMILES string of the molecule is O=C(C1CC1)N1CCC[C@@H](CNc2nc3c(c(=O)[nH]2)CCNC3)C1. The summed E-state index contributed by atoms with van der Waals surface area (Å²) >= 11 is 0. The van der Waals surface area contributed by atoms with Crippen molar-refractivity contribution in [2.45, 2.75) is 38.6 Å². The van der Waals surface area contributed by atoms with E-state index in [1.165, 1.54) is 0 Å². The molecule has 0 radical (unpaired) electrons. The second kappa shape index (κ2) is 6.55. The van der Waals surface area contributed by atoms with Crippen LogP contribution in [0, 0.1) is 11.8 Å². The fourth-order valence-corrected chi connectivity index (χ4v) is 3.71. The van der Waals surface area contributed by atoms with Gasteiger partial charge in [0.15, 0.2) is 0 Å². The van der Waals surface area contributed by atoms with Crippen LogP contribution in [0.4, 0.5) is 5.95 Å². The molecule has 1 aromatic heterocycles. The average molecular weight is 331 g/mol. The average Bonchev–Trinajstić information content (AvgIpc) is 3.45. The van der Waals surface area contributed by atoms with E-state index in [2.05, 4.69) is 20.6 Å². The maximum absolute atomic E-state index is 12.2. The molecule has 24 heavy (non-hydrogen) atoms. The number of nitrogens with zero attached hydrogens (tertiary/aromatic N) is 2.